The van der Waals surface area contributed by atoms with E-state index in [4.69, 9.17) is 17.7 Å². The van der Waals surface area contributed by atoms with E-state index in [1.807, 2.05) is 0 Å². The van der Waals surface area contributed by atoms with E-state index in [-0.39, 0.29) is 0 Å². The van der Waals surface area contributed by atoms with Crippen molar-refractivity contribution in [3.8, 4) is 0 Å². The van der Waals surface area contributed by atoms with Crippen LogP contribution in [-0.4, -0.2) is 67.8 Å². The highest BCUT2D eigenvalue weighted by atomic mass is 28.4. The first kappa shape index (κ1) is 39.6. The molecule has 0 aliphatic heterocycles. The molecule has 0 atom stereocenters. The fourth-order valence-corrected chi connectivity index (χ4v) is 19.4. The van der Waals surface area contributed by atoms with Crippen molar-refractivity contribution in [3.05, 3.63) is 97.1 Å². The predicted octanol–water partition coefficient (Wildman–Crippen LogP) is 4.86. The topological polar surface area (TPSA) is 36.9 Å². The number of hydrogen-bond donors (Lipinski definition) is 0. The molecule has 4 nitrogen and oxygen atoms in total. The highest BCUT2D eigenvalue weighted by molar-refractivity contribution is 7.20. The van der Waals surface area contributed by atoms with Gasteiger partial charge in [-0.3, -0.25) is 0 Å². The van der Waals surface area contributed by atoms with Crippen LogP contribution in [0, 0.1) is 0 Å². The molecule has 0 radical (unpaired) electrons. The molecule has 49 heavy (non-hydrogen) atoms. The van der Waals surface area contributed by atoms with Crippen molar-refractivity contribution in [1.82, 2.24) is 0 Å². The molecule has 0 aromatic heterocycles. The SMILES string of the molecule is CCO[Si](C)(C)c1ccc([Si](c2ccc([Si](C)(C)OCC)cc2)(c2ccc([Si](C)(C)OCC)cc2)c2ccc([Si](C)(C)OCC)cc2)cc1. The fourth-order valence-electron chi connectivity index (χ4n) is 7.26. The second kappa shape index (κ2) is 16.0. The van der Waals surface area contributed by atoms with Crippen molar-refractivity contribution in [1.29, 1.82) is 0 Å². The Hall–Kier alpha value is -2.20. The summed E-state index contributed by atoms with van der Waals surface area (Å²) < 4.78 is 25.3. The maximum absolute atomic E-state index is 6.32. The Morgan fingerprint density at radius 3 is 0.571 bits per heavy atom. The molecule has 9 heteroatoms. The molecule has 0 amide bonds. The quantitative estimate of drug-likeness (QED) is 0.122. The highest BCUT2D eigenvalue weighted by Crippen LogP contribution is 2.14. The van der Waals surface area contributed by atoms with Crippen LogP contribution in [0.4, 0.5) is 0 Å². The second-order valence-corrected chi connectivity index (χ2v) is 34.2. The summed E-state index contributed by atoms with van der Waals surface area (Å²) in [6, 6.07) is 38.0. The predicted molar refractivity (Wildman–Crippen MR) is 225 cm³/mol. The monoisotopic (exact) mass is 744 g/mol. The molecule has 0 bridgehead atoms. The van der Waals surface area contributed by atoms with Gasteiger partial charge >= 0.3 is 0 Å². The summed E-state index contributed by atoms with van der Waals surface area (Å²) in [5, 5.41) is 10.8. The Bertz CT molecular complexity index is 1380. The van der Waals surface area contributed by atoms with Crippen LogP contribution in [0.3, 0.4) is 0 Å². The molecule has 0 saturated carbocycles. The van der Waals surface area contributed by atoms with E-state index in [2.05, 4.69) is 177 Å². The highest BCUT2D eigenvalue weighted by Gasteiger charge is 2.43. The maximum Gasteiger partial charge on any atom is 0.218 e. The van der Waals surface area contributed by atoms with Crippen LogP contribution < -0.4 is 41.5 Å². The molecule has 0 saturated heterocycles. The lowest BCUT2D eigenvalue weighted by Gasteiger charge is -2.36. The zero-order chi connectivity index (χ0) is 36.1. The summed E-state index contributed by atoms with van der Waals surface area (Å²) in [5.74, 6) is 0. The van der Waals surface area contributed by atoms with Gasteiger partial charge in [-0.1, -0.05) is 97.1 Å². The first-order chi connectivity index (χ1) is 23.1. The van der Waals surface area contributed by atoms with Gasteiger partial charge in [0.1, 0.15) is 0 Å². The van der Waals surface area contributed by atoms with E-state index in [1.165, 1.54) is 41.5 Å². The van der Waals surface area contributed by atoms with E-state index in [0.717, 1.165) is 26.4 Å². The number of hydrogen-bond acceptors (Lipinski definition) is 4. The Kier molecular flexibility index (Phi) is 12.9. The van der Waals surface area contributed by atoms with Gasteiger partial charge < -0.3 is 17.7 Å². The van der Waals surface area contributed by atoms with Gasteiger partial charge in [0.2, 0.25) is 33.3 Å². The Balaban J connectivity index is 2.05. The molecule has 0 fully saturated rings. The summed E-state index contributed by atoms with van der Waals surface area (Å²) in [6.07, 6.45) is 0. The van der Waals surface area contributed by atoms with E-state index >= 15 is 0 Å². The molecular formula is C40H60O4Si5. The summed E-state index contributed by atoms with van der Waals surface area (Å²) in [5.41, 5.74) is 0. The maximum atomic E-state index is 6.32. The van der Waals surface area contributed by atoms with Gasteiger partial charge in [0, 0.05) is 26.4 Å². The standard InChI is InChI=1S/C40H60O4Si5/c1-13-41-45(5,6)33-17-25-37(26-18-33)49(38-27-19-34(20-28-38)46(7,8)42-14-2,39-29-21-35(22-30-39)47(9,10)43-15-3)40-31-23-36(24-32-40)48(11,12)44-16-4/h17-32H,13-16H2,1-12H3. The molecule has 4 rings (SSSR count). The molecular weight excluding hydrogens is 685 g/mol. The van der Waals surface area contributed by atoms with Gasteiger partial charge in [0.25, 0.3) is 0 Å². The summed E-state index contributed by atoms with van der Waals surface area (Å²) in [7, 11) is -10.9. The normalized spacial score (nSPS) is 13.1. The van der Waals surface area contributed by atoms with Crippen molar-refractivity contribution >= 4 is 82.8 Å². The van der Waals surface area contributed by atoms with Gasteiger partial charge in [0.05, 0.1) is 0 Å². The van der Waals surface area contributed by atoms with Crippen LogP contribution in [0.5, 0.6) is 0 Å². The van der Waals surface area contributed by atoms with Gasteiger partial charge in [-0.05, 0) is 122 Å². The van der Waals surface area contributed by atoms with Crippen LogP contribution in [0.2, 0.25) is 52.4 Å². The molecule has 0 N–H and O–H groups in total. The zero-order valence-electron chi connectivity index (χ0n) is 32.2. The van der Waals surface area contributed by atoms with E-state index in [9.17, 15) is 0 Å². The lowest BCUT2D eigenvalue weighted by Crippen LogP contribution is -2.75. The van der Waals surface area contributed by atoms with Crippen molar-refractivity contribution in [2.45, 2.75) is 80.1 Å². The van der Waals surface area contributed by atoms with Crippen molar-refractivity contribution < 1.29 is 17.7 Å². The minimum atomic E-state index is -2.80. The third kappa shape index (κ3) is 8.48. The Morgan fingerprint density at radius 1 is 0.286 bits per heavy atom. The minimum absolute atomic E-state index is 0.731. The first-order valence-electron chi connectivity index (χ1n) is 18.1. The van der Waals surface area contributed by atoms with Gasteiger partial charge in [-0.25, -0.2) is 0 Å². The average molecular weight is 745 g/mol. The average Bonchev–Trinajstić information content (AvgIpc) is 3.06. The van der Waals surface area contributed by atoms with E-state index in [0.29, 0.717) is 0 Å². The second-order valence-electron chi connectivity index (χ2n) is 14.8. The summed E-state index contributed by atoms with van der Waals surface area (Å²) in [6.45, 7) is 29.7. The van der Waals surface area contributed by atoms with Gasteiger partial charge in [-0.2, -0.15) is 0 Å². The molecule has 0 aliphatic carbocycles. The molecule has 264 valence electrons. The van der Waals surface area contributed by atoms with Crippen LogP contribution in [0.25, 0.3) is 0 Å². The van der Waals surface area contributed by atoms with Crippen LogP contribution in [0.15, 0.2) is 97.1 Å². The zero-order valence-corrected chi connectivity index (χ0v) is 37.2. The Labute approximate surface area is 302 Å². The van der Waals surface area contributed by atoms with Crippen LogP contribution >= 0.6 is 0 Å². The third-order valence-corrected chi connectivity index (χ3v) is 25.8. The minimum Gasteiger partial charge on any atom is -0.413 e. The van der Waals surface area contributed by atoms with Gasteiger partial charge in [-0.15, -0.1) is 0 Å². The van der Waals surface area contributed by atoms with Gasteiger partial charge in [0.15, 0.2) is 8.07 Å². The molecule has 0 aliphatic rings. The lowest BCUT2D eigenvalue weighted by atomic mass is 10.3. The van der Waals surface area contributed by atoms with Crippen molar-refractivity contribution in [2.75, 3.05) is 26.4 Å². The molecule has 0 heterocycles. The summed E-state index contributed by atoms with van der Waals surface area (Å²) >= 11 is 0. The number of rotatable bonds is 16. The van der Waals surface area contributed by atoms with E-state index < -0.39 is 41.3 Å². The molecule has 4 aromatic carbocycles. The van der Waals surface area contributed by atoms with E-state index in [1.54, 1.807) is 0 Å². The lowest BCUT2D eigenvalue weighted by molar-refractivity contribution is 0.338. The first-order valence-corrected chi connectivity index (χ1v) is 31.7. The molecule has 4 aromatic rings. The van der Waals surface area contributed by atoms with Crippen molar-refractivity contribution in [3.63, 3.8) is 0 Å². The van der Waals surface area contributed by atoms with Crippen molar-refractivity contribution in [2.24, 2.45) is 0 Å². The molecule has 0 unspecified atom stereocenters. The summed E-state index contributed by atoms with van der Waals surface area (Å²) in [4.78, 5) is 0. The largest absolute Gasteiger partial charge is 0.413 e. The fraction of sp³-hybridized carbons (Fsp3) is 0.400. The van der Waals surface area contributed by atoms with Crippen LogP contribution in [0.1, 0.15) is 27.7 Å². The van der Waals surface area contributed by atoms with Crippen LogP contribution in [-0.2, 0) is 17.7 Å². The molecule has 0 spiro atoms. The smallest absolute Gasteiger partial charge is 0.218 e. The number of benzene rings is 4. The third-order valence-electron chi connectivity index (χ3n) is 10.1. The Morgan fingerprint density at radius 2 is 0.429 bits per heavy atom.